The highest BCUT2D eigenvalue weighted by atomic mass is 35.5. The summed E-state index contributed by atoms with van der Waals surface area (Å²) in [5.41, 5.74) is 0. The van der Waals surface area contributed by atoms with E-state index in [-0.39, 0.29) is 11.5 Å². The van der Waals surface area contributed by atoms with E-state index in [1.54, 1.807) is 31.2 Å². The first-order valence-electron chi connectivity index (χ1n) is 4.09. The topological polar surface area (TPSA) is 34.1 Å². The third-order valence-corrected chi connectivity index (χ3v) is 4.44. The molecule has 0 aliphatic heterocycles. The van der Waals surface area contributed by atoms with Gasteiger partial charge in [-0.1, -0.05) is 23.8 Å². The zero-order chi connectivity index (χ0) is 10.6. The Balaban J connectivity index is 2.68. The third-order valence-electron chi connectivity index (χ3n) is 1.58. The molecular weight excluding hydrogens is 240 g/mol. The molecule has 5 heteroatoms. The van der Waals surface area contributed by atoms with Crippen molar-refractivity contribution in [2.75, 3.05) is 5.75 Å². The van der Waals surface area contributed by atoms with E-state index in [1.165, 1.54) is 11.3 Å². The van der Waals surface area contributed by atoms with E-state index in [9.17, 15) is 8.42 Å². The van der Waals surface area contributed by atoms with Crippen LogP contribution in [0.4, 0.5) is 0 Å². The summed E-state index contributed by atoms with van der Waals surface area (Å²) in [5.74, 6) is 0.174. The maximum atomic E-state index is 11.5. The predicted molar refractivity (Wildman–Crippen MR) is 61.6 cm³/mol. The summed E-state index contributed by atoms with van der Waals surface area (Å²) < 4.78 is 23.6. The SMILES string of the molecule is CC=CCS(=O)(=O)Cc1ccc(Cl)s1. The quantitative estimate of drug-likeness (QED) is 0.770. The molecule has 1 aromatic rings. The number of rotatable bonds is 4. The van der Waals surface area contributed by atoms with E-state index in [4.69, 9.17) is 11.6 Å². The Labute approximate surface area is 93.1 Å². The highest BCUT2D eigenvalue weighted by Crippen LogP contribution is 2.23. The normalized spacial score (nSPS) is 12.4. The minimum Gasteiger partial charge on any atom is -0.228 e. The zero-order valence-electron chi connectivity index (χ0n) is 7.73. The molecule has 0 fully saturated rings. The van der Waals surface area contributed by atoms with E-state index in [0.717, 1.165) is 4.88 Å². The van der Waals surface area contributed by atoms with Crippen molar-refractivity contribution in [2.45, 2.75) is 12.7 Å². The molecule has 2 nitrogen and oxygen atoms in total. The summed E-state index contributed by atoms with van der Waals surface area (Å²) in [6, 6.07) is 3.47. The third kappa shape index (κ3) is 3.82. The number of sulfone groups is 1. The van der Waals surface area contributed by atoms with Crippen LogP contribution in [-0.2, 0) is 15.6 Å². The molecule has 0 N–H and O–H groups in total. The fourth-order valence-electron chi connectivity index (χ4n) is 0.948. The van der Waals surface area contributed by atoms with Gasteiger partial charge in [-0.2, -0.15) is 0 Å². The van der Waals surface area contributed by atoms with E-state index < -0.39 is 9.84 Å². The monoisotopic (exact) mass is 250 g/mol. The summed E-state index contributed by atoms with van der Waals surface area (Å²) in [6.07, 6.45) is 3.38. The number of allylic oxidation sites excluding steroid dienone is 1. The summed E-state index contributed by atoms with van der Waals surface area (Å²) in [6.45, 7) is 1.80. The molecule has 0 saturated carbocycles. The van der Waals surface area contributed by atoms with Crippen LogP contribution < -0.4 is 0 Å². The molecule has 0 unspecified atom stereocenters. The van der Waals surface area contributed by atoms with Gasteiger partial charge >= 0.3 is 0 Å². The molecule has 0 aliphatic carbocycles. The van der Waals surface area contributed by atoms with Gasteiger partial charge in [-0.15, -0.1) is 11.3 Å². The predicted octanol–water partition coefficient (Wildman–Crippen LogP) is 2.89. The molecule has 0 aromatic carbocycles. The van der Waals surface area contributed by atoms with Gasteiger partial charge in [0.15, 0.2) is 9.84 Å². The Hall–Kier alpha value is -0.320. The minimum atomic E-state index is -3.02. The molecule has 0 saturated heterocycles. The van der Waals surface area contributed by atoms with Crippen LogP contribution in [0.2, 0.25) is 4.34 Å². The largest absolute Gasteiger partial charge is 0.228 e. The minimum absolute atomic E-state index is 0.0781. The van der Waals surface area contributed by atoms with E-state index in [2.05, 4.69) is 0 Å². The maximum Gasteiger partial charge on any atom is 0.158 e. The number of halogens is 1. The van der Waals surface area contributed by atoms with Crippen molar-refractivity contribution in [3.63, 3.8) is 0 Å². The fourth-order valence-corrected chi connectivity index (χ4v) is 3.74. The lowest BCUT2D eigenvalue weighted by Gasteiger charge is -1.97. The van der Waals surface area contributed by atoms with Crippen molar-refractivity contribution in [3.05, 3.63) is 33.5 Å². The number of hydrogen-bond donors (Lipinski definition) is 0. The second-order valence-electron chi connectivity index (χ2n) is 2.83. The summed E-state index contributed by atoms with van der Waals surface area (Å²) >= 11 is 7.01. The Bertz CT molecular complexity index is 418. The molecule has 0 spiro atoms. The zero-order valence-corrected chi connectivity index (χ0v) is 10.1. The van der Waals surface area contributed by atoms with E-state index >= 15 is 0 Å². The van der Waals surface area contributed by atoms with Crippen molar-refractivity contribution in [3.8, 4) is 0 Å². The first kappa shape index (κ1) is 11.8. The van der Waals surface area contributed by atoms with Crippen LogP contribution in [0.25, 0.3) is 0 Å². The highest BCUT2D eigenvalue weighted by Gasteiger charge is 2.11. The lowest BCUT2D eigenvalue weighted by Crippen LogP contribution is -2.06. The molecule has 0 bridgehead atoms. The molecule has 0 atom stereocenters. The second-order valence-corrected chi connectivity index (χ2v) is 6.74. The fraction of sp³-hybridized carbons (Fsp3) is 0.333. The van der Waals surface area contributed by atoms with Crippen LogP contribution in [-0.4, -0.2) is 14.2 Å². The summed E-state index contributed by atoms with van der Waals surface area (Å²) in [4.78, 5) is 0.791. The van der Waals surface area contributed by atoms with Crippen molar-refractivity contribution in [1.29, 1.82) is 0 Å². The lowest BCUT2D eigenvalue weighted by molar-refractivity contribution is 0.598. The van der Waals surface area contributed by atoms with Gasteiger partial charge in [-0.3, -0.25) is 0 Å². The molecule has 0 amide bonds. The van der Waals surface area contributed by atoms with Gasteiger partial charge in [0.25, 0.3) is 0 Å². The van der Waals surface area contributed by atoms with Crippen LogP contribution in [0, 0.1) is 0 Å². The van der Waals surface area contributed by atoms with E-state index in [1.807, 2.05) is 0 Å². The van der Waals surface area contributed by atoms with Gasteiger partial charge in [0.1, 0.15) is 0 Å². The maximum absolute atomic E-state index is 11.5. The lowest BCUT2D eigenvalue weighted by atomic mass is 10.5. The number of hydrogen-bond acceptors (Lipinski definition) is 3. The van der Waals surface area contributed by atoms with Crippen LogP contribution in [0.5, 0.6) is 0 Å². The molecule has 14 heavy (non-hydrogen) atoms. The molecular formula is C9H11ClO2S2. The van der Waals surface area contributed by atoms with Gasteiger partial charge < -0.3 is 0 Å². The average Bonchev–Trinajstić information content (AvgIpc) is 2.47. The standard InChI is InChI=1S/C9H11ClO2S2/c1-2-3-6-14(11,12)7-8-4-5-9(10)13-8/h2-5H,6-7H2,1H3. The van der Waals surface area contributed by atoms with Gasteiger partial charge in [0, 0.05) is 4.88 Å². The van der Waals surface area contributed by atoms with Crippen molar-refractivity contribution >= 4 is 32.8 Å². The molecule has 1 heterocycles. The Morgan fingerprint density at radius 1 is 1.50 bits per heavy atom. The van der Waals surface area contributed by atoms with Crippen LogP contribution in [0.15, 0.2) is 24.3 Å². The van der Waals surface area contributed by atoms with Crippen molar-refractivity contribution < 1.29 is 8.42 Å². The summed E-state index contributed by atoms with van der Waals surface area (Å²) in [7, 11) is -3.02. The smallest absolute Gasteiger partial charge is 0.158 e. The van der Waals surface area contributed by atoms with Gasteiger partial charge in [-0.05, 0) is 19.1 Å². The molecule has 1 aromatic heterocycles. The van der Waals surface area contributed by atoms with Gasteiger partial charge in [0.05, 0.1) is 15.8 Å². The van der Waals surface area contributed by atoms with Crippen molar-refractivity contribution in [1.82, 2.24) is 0 Å². The van der Waals surface area contributed by atoms with Crippen LogP contribution in [0.3, 0.4) is 0 Å². The second kappa shape index (κ2) is 4.96. The molecule has 0 aliphatic rings. The van der Waals surface area contributed by atoms with E-state index in [0.29, 0.717) is 4.34 Å². The highest BCUT2D eigenvalue weighted by molar-refractivity contribution is 7.90. The Morgan fingerprint density at radius 2 is 2.21 bits per heavy atom. The average molecular weight is 251 g/mol. The molecule has 78 valence electrons. The van der Waals surface area contributed by atoms with Gasteiger partial charge in [0.2, 0.25) is 0 Å². The number of thiophene rings is 1. The first-order chi connectivity index (χ1) is 6.53. The molecule has 0 radical (unpaired) electrons. The Morgan fingerprint density at radius 3 is 2.71 bits per heavy atom. The summed E-state index contributed by atoms with van der Waals surface area (Å²) in [5, 5.41) is 0. The first-order valence-corrected chi connectivity index (χ1v) is 7.11. The Kier molecular flexibility index (Phi) is 4.16. The molecule has 1 rings (SSSR count). The van der Waals surface area contributed by atoms with Crippen molar-refractivity contribution in [2.24, 2.45) is 0 Å². The van der Waals surface area contributed by atoms with Gasteiger partial charge in [-0.25, -0.2) is 8.42 Å². The van der Waals surface area contributed by atoms with Crippen LogP contribution >= 0.6 is 22.9 Å². The van der Waals surface area contributed by atoms with Crippen LogP contribution in [0.1, 0.15) is 11.8 Å².